The highest BCUT2D eigenvalue weighted by Gasteiger charge is 2.30. The molecule has 2 fully saturated rings. The highest BCUT2D eigenvalue weighted by atomic mass is 16.5. The Labute approximate surface area is 172 Å². The quantitative estimate of drug-likeness (QED) is 0.745. The summed E-state index contributed by atoms with van der Waals surface area (Å²) in [5, 5.41) is 4.24. The fraction of sp³-hybridized carbons (Fsp3) is 0.591. The minimum absolute atomic E-state index is 0.108. The molecule has 0 aliphatic carbocycles. The van der Waals surface area contributed by atoms with E-state index in [0.717, 1.165) is 43.1 Å². The minimum atomic E-state index is 0.108. The van der Waals surface area contributed by atoms with Crippen molar-refractivity contribution in [3.8, 4) is 5.75 Å². The number of likely N-dealkylation sites (tertiary alicyclic amines) is 2. The molecule has 0 radical (unpaired) electrons. The van der Waals surface area contributed by atoms with Crippen molar-refractivity contribution >= 4 is 5.91 Å². The number of nitrogens with zero attached hydrogens (tertiary/aromatic N) is 4. The lowest BCUT2D eigenvalue weighted by Gasteiger charge is -2.31. The van der Waals surface area contributed by atoms with E-state index in [0.29, 0.717) is 31.3 Å². The number of rotatable bonds is 6. The maximum absolute atomic E-state index is 12.4. The van der Waals surface area contributed by atoms with E-state index in [1.165, 1.54) is 12.8 Å². The van der Waals surface area contributed by atoms with Crippen molar-refractivity contribution < 1.29 is 14.1 Å². The molecule has 0 saturated carbocycles. The lowest BCUT2D eigenvalue weighted by molar-refractivity contribution is -0.134. The smallest absolute Gasteiger partial charge is 0.231 e. The molecule has 0 unspecified atom stereocenters. The van der Waals surface area contributed by atoms with Crippen molar-refractivity contribution in [2.45, 2.75) is 44.6 Å². The van der Waals surface area contributed by atoms with Gasteiger partial charge in [0, 0.05) is 25.9 Å². The number of amides is 1. The lowest BCUT2D eigenvalue weighted by Crippen LogP contribution is -2.38. The molecular formula is C22H30N4O3. The predicted molar refractivity (Wildman–Crippen MR) is 109 cm³/mol. The number of carbonyl (C=O) groups excluding carboxylic acids is 1. The van der Waals surface area contributed by atoms with Crippen LogP contribution in [0.4, 0.5) is 0 Å². The van der Waals surface area contributed by atoms with Gasteiger partial charge in [-0.2, -0.15) is 4.98 Å². The van der Waals surface area contributed by atoms with Gasteiger partial charge in [0.25, 0.3) is 0 Å². The Bertz CT molecular complexity index is 829. The molecule has 156 valence electrons. The molecule has 7 heteroatoms. The topological polar surface area (TPSA) is 71.7 Å². The second-order valence-electron chi connectivity index (χ2n) is 8.36. The van der Waals surface area contributed by atoms with Crippen LogP contribution in [0.15, 0.2) is 28.8 Å². The number of methoxy groups -OCH3 is 1. The third-order valence-corrected chi connectivity index (χ3v) is 6.15. The summed E-state index contributed by atoms with van der Waals surface area (Å²) in [6.07, 6.45) is 4.54. The van der Waals surface area contributed by atoms with Crippen LogP contribution in [-0.4, -0.2) is 59.6 Å². The van der Waals surface area contributed by atoms with Crippen molar-refractivity contribution in [3.05, 3.63) is 41.5 Å². The summed E-state index contributed by atoms with van der Waals surface area (Å²) in [5.41, 5.74) is 1.06. The van der Waals surface area contributed by atoms with Crippen LogP contribution in [-0.2, 0) is 17.8 Å². The van der Waals surface area contributed by atoms with Gasteiger partial charge in [-0.3, -0.25) is 4.79 Å². The predicted octanol–water partition coefficient (Wildman–Crippen LogP) is 2.87. The first-order chi connectivity index (χ1) is 14.1. The molecular weight excluding hydrogens is 368 g/mol. The molecule has 1 aromatic heterocycles. The van der Waals surface area contributed by atoms with Crippen molar-refractivity contribution in [2.24, 2.45) is 5.92 Å². The van der Waals surface area contributed by atoms with Gasteiger partial charge in [0.15, 0.2) is 5.82 Å². The molecule has 2 aliphatic rings. The lowest BCUT2D eigenvalue weighted by atomic mass is 9.93. The van der Waals surface area contributed by atoms with Crippen LogP contribution >= 0.6 is 0 Å². The van der Waals surface area contributed by atoms with Gasteiger partial charge >= 0.3 is 0 Å². The van der Waals surface area contributed by atoms with Gasteiger partial charge in [-0.15, -0.1) is 0 Å². The molecule has 2 saturated heterocycles. The van der Waals surface area contributed by atoms with E-state index in [9.17, 15) is 4.79 Å². The van der Waals surface area contributed by atoms with Crippen molar-refractivity contribution in [3.63, 3.8) is 0 Å². The van der Waals surface area contributed by atoms with Crippen LogP contribution in [0.25, 0.3) is 0 Å². The summed E-state index contributed by atoms with van der Waals surface area (Å²) < 4.78 is 10.9. The number of aromatic nitrogens is 2. The summed E-state index contributed by atoms with van der Waals surface area (Å²) >= 11 is 0. The highest BCUT2D eigenvalue weighted by molar-refractivity contribution is 5.77. The molecule has 0 N–H and O–H groups in total. The Morgan fingerprint density at radius 1 is 1.24 bits per heavy atom. The fourth-order valence-electron chi connectivity index (χ4n) is 4.30. The zero-order chi connectivity index (χ0) is 20.2. The van der Waals surface area contributed by atoms with Crippen LogP contribution in [0.5, 0.6) is 5.75 Å². The van der Waals surface area contributed by atoms with E-state index >= 15 is 0 Å². The molecule has 7 nitrogen and oxygen atoms in total. The third-order valence-electron chi connectivity index (χ3n) is 6.15. The van der Waals surface area contributed by atoms with Crippen LogP contribution < -0.4 is 4.74 Å². The summed E-state index contributed by atoms with van der Waals surface area (Å²) in [7, 11) is 3.82. The maximum Gasteiger partial charge on any atom is 0.231 e. The van der Waals surface area contributed by atoms with Gasteiger partial charge in [-0.25, -0.2) is 0 Å². The maximum atomic E-state index is 12.4. The zero-order valence-electron chi connectivity index (χ0n) is 17.3. The largest absolute Gasteiger partial charge is 0.497 e. The molecule has 1 aromatic carbocycles. The van der Waals surface area contributed by atoms with Crippen LogP contribution in [0.1, 0.15) is 48.9 Å². The number of ether oxygens (including phenoxy) is 1. The number of benzene rings is 1. The van der Waals surface area contributed by atoms with E-state index in [1.54, 1.807) is 7.11 Å². The molecule has 2 aliphatic heterocycles. The van der Waals surface area contributed by atoms with E-state index in [1.807, 2.05) is 29.2 Å². The Kier molecular flexibility index (Phi) is 6.13. The van der Waals surface area contributed by atoms with Crippen molar-refractivity contribution in [2.75, 3.05) is 33.8 Å². The highest BCUT2D eigenvalue weighted by Crippen LogP contribution is 2.29. The Balaban J connectivity index is 1.37. The molecule has 4 rings (SSSR count). The number of hydrogen-bond acceptors (Lipinski definition) is 6. The van der Waals surface area contributed by atoms with Gasteiger partial charge in [-0.05, 0) is 63.0 Å². The molecule has 2 aromatic rings. The third kappa shape index (κ3) is 4.96. The van der Waals surface area contributed by atoms with Gasteiger partial charge in [0.05, 0.1) is 13.0 Å². The van der Waals surface area contributed by atoms with E-state index in [-0.39, 0.29) is 11.8 Å². The first kappa shape index (κ1) is 19.9. The molecule has 3 heterocycles. The van der Waals surface area contributed by atoms with Crippen LogP contribution in [0.3, 0.4) is 0 Å². The molecule has 0 spiro atoms. The van der Waals surface area contributed by atoms with Crippen LogP contribution in [0, 0.1) is 5.92 Å². The van der Waals surface area contributed by atoms with Gasteiger partial charge in [0.2, 0.25) is 11.8 Å². The van der Waals surface area contributed by atoms with Crippen LogP contribution in [0.2, 0.25) is 0 Å². The average Bonchev–Trinajstić information content (AvgIpc) is 3.20. The fourth-order valence-corrected chi connectivity index (χ4v) is 4.30. The molecule has 1 amide bonds. The minimum Gasteiger partial charge on any atom is -0.497 e. The standard InChI is InChI=1S/C22H30N4O3/c1-25-10-8-16(9-11-25)13-20-23-22(29-24-20)18-6-7-21(27)26(15-18)14-17-4-3-5-19(12-17)28-2/h3-5,12,16,18H,6-11,13-15H2,1-2H3/t18-/m0/s1. The first-order valence-corrected chi connectivity index (χ1v) is 10.5. The summed E-state index contributed by atoms with van der Waals surface area (Å²) in [6, 6.07) is 7.86. The number of piperidine rings is 2. The summed E-state index contributed by atoms with van der Waals surface area (Å²) in [6.45, 7) is 3.47. The first-order valence-electron chi connectivity index (χ1n) is 10.5. The van der Waals surface area contributed by atoms with E-state index in [2.05, 4.69) is 17.1 Å². The second kappa shape index (κ2) is 8.95. The van der Waals surface area contributed by atoms with E-state index in [4.69, 9.17) is 14.2 Å². The van der Waals surface area contributed by atoms with Crippen molar-refractivity contribution in [1.29, 1.82) is 0 Å². The van der Waals surface area contributed by atoms with Gasteiger partial charge in [0.1, 0.15) is 5.75 Å². The summed E-state index contributed by atoms with van der Waals surface area (Å²) in [4.78, 5) is 21.4. The SMILES string of the molecule is COc1cccc(CN2C[C@@H](c3nc(CC4CCN(C)CC4)no3)CCC2=O)c1. The summed E-state index contributed by atoms with van der Waals surface area (Å²) in [5.74, 6) is 3.21. The van der Waals surface area contributed by atoms with Gasteiger partial charge < -0.3 is 19.1 Å². The van der Waals surface area contributed by atoms with Crippen molar-refractivity contribution in [1.82, 2.24) is 19.9 Å². The monoisotopic (exact) mass is 398 g/mol. The molecule has 0 bridgehead atoms. The Morgan fingerprint density at radius 3 is 2.86 bits per heavy atom. The normalized spacial score (nSPS) is 21.5. The zero-order valence-corrected chi connectivity index (χ0v) is 17.3. The molecule has 1 atom stereocenters. The average molecular weight is 399 g/mol. The molecule has 29 heavy (non-hydrogen) atoms. The van der Waals surface area contributed by atoms with Gasteiger partial charge in [-0.1, -0.05) is 17.3 Å². The Morgan fingerprint density at radius 2 is 2.07 bits per heavy atom. The number of hydrogen-bond donors (Lipinski definition) is 0. The second-order valence-corrected chi connectivity index (χ2v) is 8.36. The van der Waals surface area contributed by atoms with E-state index < -0.39 is 0 Å². The number of carbonyl (C=O) groups is 1. The Hall–Kier alpha value is -2.41.